The normalized spacial score (nSPS) is 20.6. The third-order valence-corrected chi connectivity index (χ3v) is 2.90. The number of halogens is 1. The quantitative estimate of drug-likeness (QED) is 0.621. The van der Waals surface area contributed by atoms with Gasteiger partial charge in [-0.05, 0) is 14.1 Å². The van der Waals surface area contributed by atoms with E-state index < -0.39 is 0 Å². The standard InChI is InChI=1S/C10H22ClN3/c1-12(2)5-6-14-9-7-13(4-3-11)8-10-14/h3-10H2,1-2H3. The van der Waals surface area contributed by atoms with Gasteiger partial charge in [0.25, 0.3) is 0 Å². The number of hydrogen-bond acceptors (Lipinski definition) is 3. The first-order valence-electron chi connectivity index (χ1n) is 5.38. The van der Waals surface area contributed by atoms with Crippen molar-refractivity contribution >= 4 is 11.6 Å². The Hall–Kier alpha value is 0.170. The molecule has 1 fully saturated rings. The summed E-state index contributed by atoms with van der Waals surface area (Å²) >= 11 is 5.71. The molecule has 0 atom stereocenters. The van der Waals surface area contributed by atoms with E-state index in [4.69, 9.17) is 11.6 Å². The van der Waals surface area contributed by atoms with Crippen molar-refractivity contribution in [3.63, 3.8) is 0 Å². The fraction of sp³-hybridized carbons (Fsp3) is 1.00. The Morgan fingerprint density at radius 3 is 1.93 bits per heavy atom. The van der Waals surface area contributed by atoms with Gasteiger partial charge < -0.3 is 4.90 Å². The Kier molecular flexibility index (Phi) is 5.78. The molecule has 0 unspecified atom stereocenters. The van der Waals surface area contributed by atoms with Gasteiger partial charge in [0.1, 0.15) is 0 Å². The van der Waals surface area contributed by atoms with Crippen molar-refractivity contribution in [3.8, 4) is 0 Å². The number of hydrogen-bond donors (Lipinski definition) is 0. The van der Waals surface area contributed by atoms with Crippen molar-refractivity contribution in [2.75, 3.05) is 65.8 Å². The minimum Gasteiger partial charge on any atom is -0.308 e. The average molecular weight is 220 g/mol. The second-order valence-corrected chi connectivity index (χ2v) is 4.55. The molecule has 0 aromatic carbocycles. The zero-order valence-corrected chi connectivity index (χ0v) is 10.1. The second kappa shape index (κ2) is 6.62. The molecule has 4 heteroatoms. The van der Waals surface area contributed by atoms with E-state index in [9.17, 15) is 0 Å². The van der Waals surface area contributed by atoms with Crippen LogP contribution in [0, 0.1) is 0 Å². The van der Waals surface area contributed by atoms with Crippen molar-refractivity contribution in [3.05, 3.63) is 0 Å². The molecule has 0 bridgehead atoms. The Morgan fingerprint density at radius 1 is 1.00 bits per heavy atom. The number of alkyl halides is 1. The van der Waals surface area contributed by atoms with Crippen molar-refractivity contribution in [2.45, 2.75) is 0 Å². The molecule has 0 spiro atoms. The molecule has 1 saturated heterocycles. The smallest absolute Gasteiger partial charge is 0.0351 e. The zero-order valence-electron chi connectivity index (χ0n) is 9.38. The number of rotatable bonds is 5. The summed E-state index contributed by atoms with van der Waals surface area (Å²) in [7, 11) is 4.26. The summed E-state index contributed by atoms with van der Waals surface area (Å²) in [5.74, 6) is 0.762. The lowest BCUT2D eigenvalue weighted by molar-refractivity contribution is 0.130. The molecule has 3 nitrogen and oxygen atoms in total. The monoisotopic (exact) mass is 219 g/mol. The van der Waals surface area contributed by atoms with E-state index in [1.807, 2.05) is 0 Å². The van der Waals surface area contributed by atoms with Gasteiger partial charge in [0.15, 0.2) is 0 Å². The van der Waals surface area contributed by atoms with E-state index in [1.54, 1.807) is 0 Å². The van der Waals surface area contributed by atoms with E-state index in [0.717, 1.165) is 19.0 Å². The lowest BCUT2D eigenvalue weighted by Gasteiger charge is -2.34. The lowest BCUT2D eigenvalue weighted by Crippen LogP contribution is -2.48. The molecule has 1 heterocycles. The van der Waals surface area contributed by atoms with Crippen LogP contribution in [0.4, 0.5) is 0 Å². The third-order valence-electron chi connectivity index (χ3n) is 2.73. The summed E-state index contributed by atoms with van der Waals surface area (Å²) in [6.45, 7) is 8.16. The summed E-state index contributed by atoms with van der Waals surface area (Å²) in [6, 6.07) is 0. The van der Waals surface area contributed by atoms with Gasteiger partial charge in [-0.1, -0.05) is 0 Å². The molecule has 0 aromatic rings. The highest BCUT2D eigenvalue weighted by Gasteiger charge is 2.15. The number of piperazine rings is 1. The molecule has 1 rings (SSSR count). The summed E-state index contributed by atoms with van der Waals surface area (Å²) in [5.41, 5.74) is 0. The largest absolute Gasteiger partial charge is 0.308 e. The zero-order chi connectivity index (χ0) is 10.4. The molecule has 1 aliphatic heterocycles. The van der Waals surface area contributed by atoms with Gasteiger partial charge in [-0.3, -0.25) is 9.80 Å². The van der Waals surface area contributed by atoms with E-state index in [1.165, 1.54) is 32.7 Å². The van der Waals surface area contributed by atoms with Gasteiger partial charge in [-0.2, -0.15) is 0 Å². The molecule has 0 saturated carbocycles. The van der Waals surface area contributed by atoms with Crippen molar-refractivity contribution in [1.82, 2.24) is 14.7 Å². The summed E-state index contributed by atoms with van der Waals surface area (Å²) in [5, 5.41) is 0. The van der Waals surface area contributed by atoms with Crippen LogP contribution in [0.1, 0.15) is 0 Å². The molecule has 14 heavy (non-hydrogen) atoms. The molecule has 84 valence electrons. The fourth-order valence-corrected chi connectivity index (χ4v) is 1.94. The Morgan fingerprint density at radius 2 is 1.50 bits per heavy atom. The maximum atomic E-state index is 5.71. The van der Waals surface area contributed by atoms with Crippen molar-refractivity contribution in [2.24, 2.45) is 0 Å². The highest BCUT2D eigenvalue weighted by atomic mass is 35.5. The van der Waals surface area contributed by atoms with Crippen molar-refractivity contribution < 1.29 is 0 Å². The fourth-order valence-electron chi connectivity index (χ4n) is 1.70. The highest BCUT2D eigenvalue weighted by Crippen LogP contribution is 2.01. The molecule has 0 N–H and O–H groups in total. The van der Waals surface area contributed by atoms with E-state index in [-0.39, 0.29) is 0 Å². The maximum Gasteiger partial charge on any atom is 0.0351 e. The summed E-state index contributed by atoms with van der Waals surface area (Å²) in [6.07, 6.45) is 0. The van der Waals surface area contributed by atoms with Gasteiger partial charge in [-0.25, -0.2) is 0 Å². The molecule has 0 amide bonds. The molecule has 0 radical (unpaired) electrons. The van der Waals surface area contributed by atoms with Crippen LogP contribution in [0.5, 0.6) is 0 Å². The first-order valence-corrected chi connectivity index (χ1v) is 5.91. The topological polar surface area (TPSA) is 9.72 Å². The average Bonchev–Trinajstić information content (AvgIpc) is 2.17. The number of likely N-dealkylation sites (N-methyl/N-ethyl adjacent to an activating group) is 1. The molecule has 0 aliphatic carbocycles. The Balaban J connectivity index is 2.09. The van der Waals surface area contributed by atoms with Crippen LogP contribution in [0.15, 0.2) is 0 Å². The van der Waals surface area contributed by atoms with E-state index >= 15 is 0 Å². The van der Waals surface area contributed by atoms with Gasteiger partial charge in [0.05, 0.1) is 0 Å². The summed E-state index contributed by atoms with van der Waals surface area (Å²) in [4.78, 5) is 7.22. The van der Waals surface area contributed by atoms with Crippen LogP contribution in [-0.2, 0) is 0 Å². The maximum absolute atomic E-state index is 5.71. The second-order valence-electron chi connectivity index (χ2n) is 4.18. The molecule has 1 aliphatic rings. The van der Waals surface area contributed by atoms with Crippen LogP contribution in [0.3, 0.4) is 0 Å². The minimum absolute atomic E-state index is 0.762. The SMILES string of the molecule is CN(C)CCN1CCN(CCCl)CC1. The Labute approximate surface area is 92.6 Å². The van der Waals surface area contributed by atoms with Gasteiger partial charge in [0, 0.05) is 51.7 Å². The van der Waals surface area contributed by atoms with Gasteiger partial charge in [0.2, 0.25) is 0 Å². The van der Waals surface area contributed by atoms with Gasteiger partial charge >= 0.3 is 0 Å². The number of nitrogens with zero attached hydrogens (tertiary/aromatic N) is 3. The predicted octanol–water partition coefficient (Wildman–Crippen LogP) is 0.404. The predicted molar refractivity (Wildman–Crippen MR) is 62.2 cm³/mol. The summed E-state index contributed by atoms with van der Waals surface area (Å²) < 4.78 is 0. The van der Waals surface area contributed by atoms with Crippen LogP contribution >= 0.6 is 11.6 Å². The van der Waals surface area contributed by atoms with Gasteiger partial charge in [-0.15, -0.1) is 11.6 Å². The van der Waals surface area contributed by atoms with Crippen LogP contribution < -0.4 is 0 Å². The minimum atomic E-state index is 0.762. The molecule has 0 aromatic heterocycles. The Bertz CT molecular complexity index is 144. The lowest BCUT2D eigenvalue weighted by atomic mass is 10.3. The third kappa shape index (κ3) is 4.60. The van der Waals surface area contributed by atoms with Crippen LogP contribution in [-0.4, -0.2) is 80.5 Å². The molecular formula is C10H22ClN3. The first-order chi connectivity index (χ1) is 6.72. The molecular weight excluding hydrogens is 198 g/mol. The van der Waals surface area contributed by atoms with Crippen LogP contribution in [0.25, 0.3) is 0 Å². The van der Waals surface area contributed by atoms with E-state index in [0.29, 0.717) is 0 Å². The van der Waals surface area contributed by atoms with Crippen LogP contribution in [0.2, 0.25) is 0 Å². The highest BCUT2D eigenvalue weighted by molar-refractivity contribution is 6.18. The van der Waals surface area contributed by atoms with Crippen molar-refractivity contribution in [1.29, 1.82) is 0 Å². The van der Waals surface area contributed by atoms with E-state index in [2.05, 4.69) is 28.8 Å². The first kappa shape index (κ1) is 12.2.